The Balaban J connectivity index is 2.08. The minimum absolute atomic E-state index is 0.523. The molecule has 1 heterocycles. The van der Waals surface area contributed by atoms with Crippen LogP contribution in [-0.4, -0.2) is 16.7 Å². The van der Waals surface area contributed by atoms with E-state index in [1.807, 2.05) is 12.1 Å². The summed E-state index contributed by atoms with van der Waals surface area (Å²) >= 11 is 5.56. The van der Waals surface area contributed by atoms with Crippen LogP contribution >= 0.6 is 12.2 Å². The summed E-state index contributed by atoms with van der Waals surface area (Å²) in [5.41, 5.74) is 2.27. The smallest absolute Gasteiger partial charge is 0.178 e. The second-order valence-electron chi connectivity index (χ2n) is 5.86. The van der Waals surface area contributed by atoms with Gasteiger partial charge in [0.25, 0.3) is 0 Å². The molecule has 20 heavy (non-hydrogen) atoms. The predicted molar refractivity (Wildman–Crippen MR) is 84.9 cm³/mol. The zero-order valence-electron chi connectivity index (χ0n) is 12.3. The van der Waals surface area contributed by atoms with Gasteiger partial charge >= 0.3 is 0 Å². The monoisotopic (exact) mass is 290 g/mol. The number of methoxy groups -OCH3 is 1. The zero-order chi connectivity index (χ0) is 14.3. The molecule has 1 saturated carbocycles. The molecule has 1 aromatic heterocycles. The molecule has 4 heteroatoms. The molecule has 108 valence electrons. The van der Waals surface area contributed by atoms with E-state index in [2.05, 4.69) is 29.5 Å². The first-order chi connectivity index (χ1) is 9.65. The van der Waals surface area contributed by atoms with Crippen molar-refractivity contribution in [2.75, 3.05) is 7.11 Å². The van der Waals surface area contributed by atoms with Gasteiger partial charge in [-0.3, -0.25) is 0 Å². The quantitative estimate of drug-likeness (QED) is 0.830. The highest BCUT2D eigenvalue weighted by Crippen LogP contribution is 2.43. The van der Waals surface area contributed by atoms with E-state index in [1.165, 1.54) is 24.8 Å². The molecule has 1 aliphatic carbocycles. The maximum absolute atomic E-state index is 5.56. The summed E-state index contributed by atoms with van der Waals surface area (Å²) in [6, 6.07) is 6.68. The fourth-order valence-corrected chi connectivity index (χ4v) is 4.08. The number of aromatic amines is 1. The van der Waals surface area contributed by atoms with E-state index in [1.54, 1.807) is 7.11 Å². The Labute approximate surface area is 125 Å². The summed E-state index contributed by atoms with van der Waals surface area (Å²) < 4.78 is 8.45. The van der Waals surface area contributed by atoms with Crippen molar-refractivity contribution in [1.82, 2.24) is 9.55 Å². The molecule has 0 bridgehead atoms. The lowest BCUT2D eigenvalue weighted by Gasteiger charge is -2.21. The number of nitrogens with zero attached hydrogens (tertiary/aromatic N) is 1. The Hall–Kier alpha value is -1.29. The second-order valence-corrected chi connectivity index (χ2v) is 6.24. The summed E-state index contributed by atoms with van der Waals surface area (Å²) in [5, 5.41) is 0. The summed E-state index contributed by atoms with van der Waals surface area (Å²) in [6.45, 7) is 4.67. The number of nitrogens with one attached hydrogen (secondary N) is 1. The van der Waals surface area contributed by atoms with Crippen LogP contribution in [0.1, 0.15) is 39.2 Å². The molecule has 3 atom stereocenters. The Morgan fingerprint density at radius 2 is 2.20 bits per heavy atom. The number of H-pyrrole nitrogens is 1. The average Bonchev–Trinajstić information content (AvgIpc) is 2.96. The molecule has 3 unspecified atom stereocenters. The predicted octanol–water partition coefficient (Wildman–Crippen LogP) is 4.70. The van der Waals surface area contributed by atoms with E-state index >= 15 is 0 Å². The van der Waals surface area contributed by atoms with Crippen molar-refractivity contribution in [3.05, 3.63) is 23.0 Å². The number of imidazole rings is 1. The maximum Gasteiger partial charge on any atom is 0.178 e. The summed E-state index contributed by atoms with van der Waals surface area (Å²) in [7, 11) is 1.69. The third-order valence-corrected chi connectivity index (χ3v) is 5.26. The number of fused-ring (bicyclic) bond motifs is 1. The van der Waals surface area contributed by atoms with E-state index in [9.17, 15) is 0 Å². The largest absolute Gasteiger partial charge is 0.497 e. The molecular weight excluding hydrogens is 268 g/mol. The van der Waals surface area contributed by atoms with Gasteiger partial charge in [-0.2, -0.15) is 0 Å². The van der Waals surface area contributed by atoms with Crippen LogP contribution in [0.25, 0.3) is 11.0 Å². The molecular formula is C16H22N2OS. The van der Waals surface area contributed by atoms with Crippen molar-refractivity contribution in [2.45, 2.75) is 39.2 Å². The maximum atomic E-state index is 5.56. The van der Waals surface area contributed by atoms with Gasteiger partial charge in [0.15, 0.2) is 4.77 Å². The normalized spacial score (nSPS) is 26.2. The van der Waals surface area contributed by atoms with Crippen LogP contribution in [0.4, 0.5) is 0 Å². The van der Waals surface area contributed by atoms with Crippen LogP contribution < -0.4 is 4.74 Å². The number of hydrogen-bond donors (Lipinski definition) is 1. The van der Waals surface area contributed by atoms with Gasteiger partial charge in [0.1, 0.15) is 5.75 Å². The lowest BCUT2D eigenvalue weighted by atomic mass is 9.93. The molecule has 0 amide bonds. The number of aromatic nitrogens is 2. The van der Waals surface area contributed by atoms with Crippen LogP contribution in [0.2, 0.25) is 0 Å². The van der Waals surface area contributed by atoms with E-state index < -0.39 is 0 Å². The molecule has 0 aliphatic heterocycles. The van der Waals surface area contributed by atoms with Crippen molar-refractivity contribution < 1.29 is 4.74 Å². The minimum Gasteiger partial charge on any atom is -0.497 e. The minimum atomic E-state index is 0.523. The Morgan fingerprint density at radius 3 is 2.85 bits per heavy atom. The van der Waals surface area contributed by atoms with Gasteiger partial charge in [0.2, 0.25) is 0 Å². The van der Waals surface area contributed by atoms with Gasteiger partial charge in [0, 0.05) is 12.1 Å². The average molecular weight is 290 g/mol. The number of rotatable bonds is 3. The van der Waals surface area contributed by atoms with Crippen LogP contribution in [0.3, 0.4) is 0 Å². The summed E-state index contributed by atoms with van der Waals surface area (Å²) in [4.78, 5) is 3.33. The summed E-state index contributed by atoms with van der Waals surface area (Å²) in [6.07, 6.45) is 3.81. The van der Waals surface area contributed by atoms with Crippen molar-refractivity contribution in [3.63, 3.8) is 0 Å². The van der Waals surface area contributed by atoms with Crippen LogP contribution in [-0.2, 0) is 0 Å². The van der Waals surface area contributed by atoms with Crippen LogP contribution in [0.5, 0.6) is 5.75 Å². The number of ether oxygens (including phenoxy) is 1. The third kappa shape index (κ3) is 2.06. The first-order valence-electron chi connectivity index (χ1n) is 7.44. The highest BCUT2D eigenvalue weighted by Gasteiger charge is 2.33. The lowest BCUT2D eigenvalue weighted by Crippen LogP contribution is -2.15. The standard InChI is InChI=1S/C16H22N2OS/c1-4-11-5-7-14(10(11)2)18-15-8-6-12(19-3)9-13(15)17-16(18)20/h6,8-11,14H,4-5,7H2,1-3H3,(H,17,20). The first kappa shape index (κ1) is 13.7. The highest BCUT2D eigenvalue weighted by atomic mass is 32.1. The van der Waals surface area contributed by atoms with E-state index in [-0.39, 0.29) is 0 Å². The van der Waals surface area contributed by atoms with E-state index in [0.717, 1.165) is 22.0 Å². The fourth-order valence-electron chi connectivity index (χ4n) is 3.73. The number of hydrogen-bond acceptors (Lipinski definition) is 2. The van der Waals surface area contributed by atoms with E-state index in [4.69, 9.17) is 17.0 Å². The Morgan fingerprint density at radius 1 is 1.40 bits per heavy atom. The Bertz CT molecular complexity index is 673. The van der Waals surface area contributed by atoms with Gasteiger partial charge < -0.3 is 14.3 Å². The molecule has 1 N–H and O–H groups in total. The molecule has 1 fully saturated rings. The molecule has 0 spiro atoms. The van der Waals surface area contributed by atoms with Gasteiger partial charge in [-0.05, 0) is 49.0 Å². The molecule has 0 radical (unpaired) electrons. The zero-order valence-corrected chi connectivity index (χ0v) is 13.2. The first-order valence-corrected chi connectivity index (χ1v) is 7.84. The molecule has 1 aromatic carbocycles. The number of benzene rings is 1. The molecule has 1 aliphatic rings. The van der Waals surface area contributed by atoms with Gasteiger partial charge in [-0.25, -0.2) is 0 Å². The Kier molecular flexibility index (Phi) is 3.59. The van der Waals surface area contributed by atoms with Crippen molar-refractivity contribution in [3.8, 4) is 5.75 Å². The highest BCUT2D eigenvalue weighted by molar-refractivity contribution is 7.71. The molecule has 0 saturated heterocycles. The second kappa shape index (κ2) is 5.24. The van der Waals surface area contributed by atoms with Crippen molar-refractivity contribution in [2.24, 2.45) is 11.8 Å². The topological polar surface area (TPSA) is 29.9 Å². The van der Waals surface area contributed by atoms with Gasteiger partial charge in [-0.1, -0.05) is 20.3 Å². The lowest BCUT2D eigenvalue weighted by molar-refractivity contribution is 0.332. The SMILES string of the molecule is CCC1CCC(n2c(=S)[nH]c3cc(OC)ccc32)C1C. The molecule has 3 rings (SSSR count). The molecule has 3 nitrogen and oxygen atoms in total. The van der Waals surface area contributed by atoms with Crippen molar-refractivity contribution in [1.29, 1.82) is 0 Å². The fraction of sp³-hybridized carbons (Fsp3) is 0.562. The molecule has 2 aromatic rings. The van der Waals surface area contributed by atoms with Crippen LogP contribution in [0, 0.1) is 16.6 Å². The van der Waals surface area contributed by atoms with E-state index in [0.29, 0.717) is 12.0 Å². The van der Waals surface area contributed by atoms with Crippen molar-refractivity contribution >= 4 is 23.3 Å². The van der Waals surface area contributed by atoms with Gasteiger partial charge in [-0.15, -0.1) is 0 Å². The summed E-state index contributed by atoms with van der Waals surface area (Å²) in [5.74, 6) is 2.38. The third-order valence-electron chi connectivity index (χ3n) is 4.96. The van der Waals surface area contributed by atoms with Crippen LogP contribution in [0.15, 0.2) is 18.2 Å². The van der Waals surface area contributed by atoms with Gasteiger partial charge in [0.05, 0.1) is 18.1 Å².